The SMILES string of the molecule is CCCCCCCC1(CC[C@H]2[C@H](COS(=O)(=O)c3ccc(C)cc3)CC(=O)[C@@H]2C/C=C\CCCC(=O)OC(C)C)OCCO1. The number of unbranched alkanes of at least 4 members (excludes halogenated alkanes) is 5. The number of Topliss-reactive ketones (excluding diaryl/α,β-unsaturated/α-hetero) is 1. The van der Waals surface area contributed by atoms with E-state index in [-0.39, 0.29) is 47.1 Å². The van der Waals surface area contributed by atoms with Gasteiger partial charge in [-0.05, 0) is 76.8 Å². The molecule has 2 aliphatic rings. The molecule has 1 aromatic rings. The first-order valence-corrected chi connectivity index (χ1v) is 18.1. The molecular weight excluding hydrogens is 580 g/mol. The quantitative estimate of drug-likeness (QED) is 0.0630. The number of benzene rings is 1. The van der Waals surface area contributed by atoms with Crippen LogP contribution in [-0.2, 0) is 38.1 Å². The van der Waals surface area contributed by atoms with Crippen LogP contribution in [0.2, 0.25) is 0 Å². The molecule has 2 fully saturated rings. The number of hydrogen-bond acceptors (Lipinski definition) is 8. The van der Waals surface area contributed by atoms with Gasteiger partial charge in [0.25, 0.3) is 10.1 Å². The van der Waals surface area contributed by atoms with E-state index in [0.717, 1.165) is 31.2 Å². The Hall–Kier alpha value is -2.07. The van der Waals surface area contributed by atoms with Gasteiger partial charge in [-0.2, -0.15) is 8.42 Å². The van der Waals surface area contributed by atoms with Crippen molar-refractivity contribution in [3.63, 3.8) is 0 Å². The maximum Gasteiger partial charge on any atom is 0.306 e. The van der Waals surface area contributed by atoms with Gasteiger partial charge in [-0.25, -0.2) is 0 Å². The molecule has 0 unspecified atom stereocenters. The van der Waals surface area contributed by atoms with Gasteiger partial charge in [0.15, 0.2) is 5.79 Å². The number of ketones is 1. The minimum atomic E-state index is -3.94. The minimum Gasteiger partial charge on any atom is -0.463 e. The molecule has 0 aromatic heterocycles. The molecule has 1 heterocycles. The van der Waals surface area contributed by atoms with Gasteiger partial charge in [0.1, 0.15) is 5.78 Å². The molecule has 9 heteroatoms. The molecule has 1 aliphatic heterocycles. The lowest BCUT2D eigenvalue weighted by Crippen LogP contribution is -2.32. The van der Waals surface area contributed by atoms with Crippen LogP contribution in [0.25, 0.3) is 0 Å². The van der Waals surface area contributed by atoms with E-state index in [1.165, 1.54) is 19.3 Å². The molecule has 0 amide bonds. The summed E-state index contributed by atoms with van der Waals surface area (Å²) in [6.07, 6.45) is 14.6. The maximum atomic E-state index is 13.3. The first-order chi connectivity index (χ1) is 21.0. The molecular formula is C35H54O8S. The highest BCUT2D eigenvalue weighted by atomic mass is 32.2. The lowest BCUT2D eigenvalue weighted by atomic mass is 9.82. The number of hydrogen-bond donors (Lipinski definition) is 0. The number of allylic oxidation sites excluding steroid dienone is 2. The van der Waals surface area contributed by atoms with Crippen LogP contribution in [0.5, 0.6) is 0 Å². The van der Waals surface area contributed by atoms with Gasteiger partial charge >= 0.3 is 5.97 Å². The molecule has 3 rings (SSSR count). The summed E-state index contributed by atoms with van der Waals surface area (Å²) < 4.78 is 49.0. The van der Waals surface area contributed by atoms with E-state index in [0.29, 0.717) is 51.7 Å². The van der Waals surface area contributed by atoms with Crippen LogP contribution < -0.4 is 0 Å². The number of carbonyl (C=O) groups is 2. The van der Waals surface area contributed by atoms with Gasteiger partial charge in [-0.1, -0.05) is 62.5 Å². The third-order valence-corrected chi connectivity index (χ3v) is 10.1. The lowest BCUT2D eigenvalue weighted by Gasteiger charge is -2.31. The highest BCUT2D eigenvalue weighted by molar-refractivity contribution is 7.86. The molecule has 3 atom stereocenters. The topological polar surface area (TPSA) is 105 Å². The van der Waals surface area contributed by atoms with Crippen molar-refractivity contribution in [3.8, 4) is 0 Å². The fourth-order valence-electron chi connectivity index (χ4n) is 6.35. The van der Waals surface area contributed by atoms with Crippen molar-refractivity contribution in [2.75, 3.05) is 19.8 Å². The number of aryl methyl sites for hydroxylation is 1. The Labute approximate surface area is 265 Å². The van der Waals surface area contributed by atoms with Crippen LogP contribution in [-0.4, -0.2) is 51.9 Å². The normalized spacial score (nSPS) is 21.9. The summed E-state index contributed by atoms with van der Waals surface area (Å²) in [5.74, 6) is -1.18. The summed E-state index contributed by atoms with van der Waals surface area (Å²) in [7, 11) is -3.94. The number of carbonyl (C=O) groups excluding carboxylic acids is 2. The van der Waals surface area contributed by atoms with E-state index in [1.54, 1.807) is 24.3 Å². The average molecular weight is 635 g/mol. The van der Waals surface area contributed by atoms with E-state index in [9.17, 15) is 18.0 Å². The van der Waals surface area contributed by atoms with Crippen molar-refractivity contribution >= 4 is 21.9 Å². The molecule has 44 heavy (non-hydrogen) atoms. The van der Waals surface area contributed by atoms with Crippen molar-refractivity contribution in [2.24, 2.45) is 17.8 Å². The van der Waals surface area contributed by atoms with Gasteiger partial charge in [0, 0.05) is 31.6 Å². The van der Waals surface area contributed by atoms with Crippen LogP contribution in [0, 0.1) is 24.7 Å². The van der Waals surface area contributed by atoms with Crippen molar-refractivity contribution < 1.29 is 36.4 Å². The lowest BCUT2D eigenvalue weighted by molar-refractivity contribution is -0.171. The smallest absolute Gasteiger partial charge is 0.306 e. The van der Waals surface area contributed by atoms with Gasteiger partial charge in [-0.3, -0.25) is 13.8 Å². The van der Waals surface area contributed by atoms with Gasteiger partial charge in [0.2, 0.25) is 0 Å². The van der Waals surface area contributed by atoms with Crippen LogP contribution >= 0.6 is 0 Å². The van der Waals surface area contributed by atoms with E-state index >= 15 is 0 Å². The highest BCUT2D eigenvalue weighted by Crippen LogP contribution is 2.43. The van der Waals surface area contributed by atoms with Crippen LogP contribution in [0.1, 0.15) is 110 Å². The Bertz CT molecular complexity index is 1150. The minimum absolute atomic E-state index is 0.0312. The Morgan fingerprint density at radius 3 is 2.41 bits per heavy atom. The van der Waals surface area contributed by atoms with Crippen LogP contribution in [0.3, 0.4) is 0 Å². The second kappa shape index (κ2) is 18.2. The Kier molecular flexibility index (Phi) is 15.0. The molecule has 1 aromatic carbocycles. The molecule has 248 valence electrons. The monoisotopic (exact) mass is 634 g/mol. The maximum absolute atomic E-state index is 13.3. The predicted octanol–water partition coefficient (Wildman–Crippen LogP) is 7.47. The zero-order valence-corrected chi connectivity index (χ0v) is 28.1. The van der Waals surface area contributed by atoms with Crippen molar-refractivity contribution in [1.82, 2.24) is 0 Å². The second-order valence-corrected chi connectivity index (χ2v) is 14.3. The van der Waals surface area contributed by atoms with Crippen molar-refractivity contribution in [2.45, 2.75) is 128 Å². The van der Waals surface area contributed by atoms with Crippen molar-refractivity contribution in [3.05, 3.63) is 42.0 Å². The highest BCUT2D eigenvalue weighted by Gasteiger charge is 2.44. The van der Waals surface area contributed by atoms with E-state index < -0.39 is 15.9 Å². The molecule has 0 bridgehead atoms. The van der Waals surface area contributed by atoms with Gasteiger partial charge in [0.05, 0.1) is 30.8 Å². The van der Waals surface area contributed by atoms with Crippen LogP contribution in [0.15, 0.2) is 41.3 Å². The number of rotatable bonds is 20. The van der Waals surface area contributed by atoms with Gasteiger partial charge < -0.3 is 14.2 Å². The molecule has 0 spiro atoms. The summed E-state index contributed by atoms with van der Waals surface area (Å²) in [4.78, 5) is 25.3. The van der Waals surface area contributed by atoms with Gasteiger partial charge in [-0.15, -0.1) is 0 Å². The summed E-state index contributed by atoms with van der Waals surface area (Å²) >= 11 is 0. The first-order valence-electron chi connectivity index (χ1n) is 16.7. The third-order valence-electron chi connectivity index (χ3n) is 8.76. The molecule has 1 saturated heterocycles. The zero-order chi connectivity index (χ0) is 32.0. The number of esters is 1. The Morgan fingerprint density at radius 2 is 1.73 bits per heavy atom. The number of ether oxygens (including phenoxy) is 3. The predicted molar refractivity (Wildman–Crippen MR) is 170 cm³/mol. The van der Waals surface area contributed by atoms with Crippen LogP contribution in [0.4, 0.5) is 0 Å². The molecule has 0 radical (unpaired) electrons. The Morgan fingerprint density at radius 1 is 1.02 bits per heavy atom. The Balaban J connectivity index is 1.65. The zero-order valence-electron chi connectivity index (χ0n) is 27.3. The molecule has 1 saturated carbocycles. The van der Waals surface area contributed by atoms with E-state index in [2.05, 4.69) is 6.92 Å². The average Bonchev–Trinajstić information content (AvgIpc) is 3.56. The fraction of sp³-hybridized carbons (Fsp3) is 0.714. The molecule has 0 N–H and O–H groups in total. The molecule has 8 nitrogen and oxygen atoms in total. The second-order valence-electron chi connectivity index (χ2n) is 12.7. The van der Waals surface area contributed by atoms with Crippen molar-refractivity contribution in [1.29, 1.82) is 0 Å². The first kappa shape index (κ1) is 36.4. The standard InChI is InChI=1S/C35H54O8S/c1-5-6-7-10-13-21-35(40-23-24-41-35)22-20-31-29(26-42-44(38,39)30-18-16-28(4)17-19-30)25-33(36)32(31)14-11-8-9-12-15-34(37)43-27(2)3/h8,11,16-19,27,29,31-32H,5-7,9-10,12-15,20-26H2,1-4H3/b11-8-/t29-,31-,32+/m0/s1. The van der Waals surface area contributed by atoms with E-state index in [1.807, 2.05) is 32.9 Å². The summed E-state index contributed by atoms with van der Waals surface area (Å²) in [5.41, 5.74) is 0.965. The van der Waals surface area contributed by atoms with E-state index in [4.69, 9.17) is 18.4 Å². The fourth-order valence-corrected chi connectivity index (χ4v) is 7.31. The molecule has 1 aliphatic carbocycles. The summed E-state index contributed by atoms with van der Waals surface area (Å²) in [6, 6.07) is 6.60. The third kappa shape index (κ3) is 11.7. The summed E-state index contributed by atoms with van der Waals surface area (Å²) in [6.45, 7) is 8.88. The largest absolute Gasteiger partial charge is 0.463 e. The summed E-state index contributed by atoms with van der Waals surface area (Å²) in [5, 5.41) is 0.